The highest BCUT2D eigenvalue weighted by atomic mass is 16.5. The van der Waals surface area contributed by atoms with Gasteiger partial charge in [0.25, 0.3) is 0 Å². The predicted octanol–water partition coefficient (Wildman–Crippen LogP) is 5.38. The van der Waals surface area contributed by atoms with Crippen molar-refractivity contribution in [3.63, 3.8) is 0 Å². The van der Waals surface area contributed by atoms with Crippen molar-refractivity contribution in [3.05, 3.63) is 71.9 Å². The lowest BCUT2D eigenvalue weighted by molar-refractivity contribution is -0.0594. The van der Waals surface area contributed by atoms with E-state index in [1.165, 1.54) is 0 Å². The molecule has 1 saturated heterocycles. The van der Waals surface area contributed by atoms with Gasteiger partial charge in [-0.2, -0.15) is 5.10 Å². The van der Waals surface area contributed by atoms with E-state index in [0.29, 0.717) is 19.0 Å². The molecule has 7 heteroatoms. The topological polar surface area (TPSA) is 69.0 Å². The van der Waals surface area contributed by atoms with Gasteiger partial charge in [0.05, 0.1) is 41.4 Å². The molecule has 1 fully saturated rings. The molecule has 0 aliphatic carbocycles. The van der Waals surface area contributed by atoms with Crippen LogP contribution in [0.2, 0.25) is 0 Å². The van der Waals surface area contributed by atoms with Crippen LogP contribution in [0.4, 0.5) is 0 Å². The molecule has 1 aliphatic rings. The molecule has 0 bridgehead atoms. The molecule has 7 nitrogen and oxygen atoms in total. The normalized spacial score (nSPS) is 16.9. The van der Waals surface area contributed by atoms with Crippen LogP contribution in [-0.4, -0.2) is 63.9 Å². The van der Waals surface area contributed by atoms with Crippen LogP contribution in [0, 0.1) is 0 Å². The minimum absolute atomic E-state index is 0.156. The quantitative estimate of drug-likeness (QED) is 0.355. The van der Waals surface area contributed by atoms with Crippen LogP contribution in [0.5, 0.6) is 11.6 Å². The molecule has 37 heavy (non-hydrogen) atoms. The standard InChI is InChI=1S/C30H41N3O4/c1-5-28-27(21-32(20-26-17-12-18-35-26)19-24(34)22-36-30(2,3)4)29(37-25-15-10-7-11-16-25)33(31-28)23-13-8-6-9-14-23/h6-11,13-16,24,26,34H,5,12,17-22H2,1-4H3/t24-,26-/m0/s1. The minimum atomic E-state index is -0.617. The Kier molecular flexibility index (Phi) is 9.38. The zero-order valence-corrected chi connectivity index (χ0v) is 22.6. The largest absolute Gasteiger partial charge is 0.439 e. The maximum Gasteiger partial charge on any atom is 0.227 e. The first-order valence-electron chi connectivity index (χ1n) is 13.4. The zero-order valence-electron chi connectivity index (χ0n) is 22.6. The summed E-state index contributed by atoms with van der Waals surface area (Å²) in [7, 11) is 0. The SMILES string of the molecule is CCc1nn(-c2ccccc2)c(Oc2ccccc2)c1CN(C[C@H](O)COC(C)(C)C)C[C@@H]1CCCO1. The lowest BCUT2D eigenvalue weighted by atomic mass is 10.1. The molecule has 0 unspecified atom stereocenters. The van der Waals surface area contributed by atoms with Gasteiger partial charge < -0.3 is 19.3 Å². The molecular weight excluding hydrogens is 466 g/mol. The Bertz CT molecular complexity index is 1090. The molecule has 0 radical (unpaired) electrons. The van der Waals surface area contributed by atoms with Crippen LogP contribution < -0.4 is 4.74 Å². The van der Waals surface area contributed by atoms with Crippen molar-refractivity contribution in [3.8, 4) is 17.3 Å². The van der Waals surface area contributed by atoms with Crippen LogP contribution in [0.3, 0.4) is 0 Å². The van der Waals surface area contributed by atoms with Crippen LogP contribution in [0.25, 0.3) is 5.69 Å². The van der Waals surface area contributed by atoms with E-state index in [9.17, 15) is 5.11 Å². The number of ether oxygens (including phenoxy) is 3. The van der Waals surface area contributed by atoms with Crippen LogP contribution >= 0.6 is 0 Å². The first-order valence-corrected chi connectivity index (χ1v) is 13.4. The lowest BCUT2D eigenvalue weighted by Crippen LogP contribution is -2.40. The van der Waals surface area contributed by atoms with Gasteiger partial charge in [-0.3, -0.25) is 4.90 Å². The van der Waals surface area contributed by atoms with E-state index in [1.807, 2.05) is 86.1 Å². The number of aliphatic hydroxyl groups is 1. The summed E-state index contributed by atoms with van der Waals surface area (Å²) in [5.41, 5.74) is 2.65. The third-order valence-electron chi connectivity index (χ3n) is 6.36. The molecule has 4 rings (SSSR count). The fraction of sp³-hybridized carbons (Fsp3) is 0.500. The smallest absolute Gasteiger partial charge is 0.227 e. The number of para-hydroxylation sites is 2. The Morgan fingerprint density at radius 2 is 1.81 bits per heavy atom. The van der Waals surface area contributed by atoms with Crippen LogP contribution in [-0.2, 0) is 22.4 Å². The second kappa shape index (κ2) is 12.7. The molecule has 1 N–H and O–H groups in total. The van der Waals surface area contributed by atoms with Crippen molar-refractivity contribution in [1.82, 2.24) is 14.7 Å². The van der Waals surface area contributed by atoms with Crippen molar-refractivity contribution in [2.45, 2.75) is 71.3 Å². The average Bonchev–Trinajstić information content (AvgIpc) is 3.52. The minimum Gasteiger partial charge on any atom is -0.439 e. The van der Waals surface area contributed by atoms with Gasteiger partial charge in [-0.05, 0) is 64.3 Å². The lowest BCUT2D eigenvalue weighted by Gasteiger charge is -2.29. The molecule has 1 aromatic heterocycles. The number of aliphatic hydroxyl groups excluding tert-OH is 1. The van der Waals surface area contributed by atoms with Gasteiger partial charge in [0.15, 0.2) is 0 Å². The number of aryl methyl sites for hydroxylation is 1. The summed E-state index contributed by atoms with van der Waals surface area (Å²) in [4.78, 5) is 2.26. The van der Waals surface area contributed by atoms with Crippen molar-refractivity contribution >= 4 is 0 Å². The maximum atomic E-state index is 10.9. The predicted molar refractivity (Wildman–Crippen MR) is 145 cm³/mol. The van der Waals surface area contributed by atoms with E-state index in [-0.39, 0.29) is 18.3 Å². The number of hydrogen-bond donors (Lipinski definition) is 1. The Balaban J connectivity index is 1.66. The summed E-state index contributed by atoms with van der Waals surface area (Å²) in [5, 5.41) is 15.9. The summed E-state index contributed by atoms with van der Waals surface area (Å²) < 4.78 is 20.2. The average molecular weight is 508 g/mol. The van der Waals surface area contributed by atoms with Gasteiger partial charge in [-0.15, -0.1) is 0 Å². The van der Waals surface area contributed by atoms with E-state index >= 15 is 0 Å². The fourth-order valence-corrected chi connectivity index (χ4v) is 4.57. The van der Waals surface area contributed by atoms with Gasteiger partial charge in [-0.1, -0.05) is 43.3 Å². The Hall–Kier alpha value is -2.71. The molecule has 0 amide bonds. The van der Waals surface area contributed by atoms with E-state index in [4.69, 9.17) is 19.3 Å². The zero-order chi connectivity index (χ0) is 26.3. The summed E-state index contributed by atoms with van der Waals surface area (Å²) in [5.74, 6) is 1.46. The number of hydrogen-bond acceptors (Lipinski definition) is 6. The van der Waals surface area contributed by atoms with Gasteiger partial charge in [-0.25, -0.2) is 4.68 Å². The van der Waals surface area contributed by atoms with Crippen molar-refractivity contribution in [2.75, 3.05) is 26.3 Å². The molecule has 2 heterocycles. The summed E-state index contributed by atoms with van der Waals surface area (Å²) in [6.45, 7) is 11.0. The first-order chi connectivity index (χ1) is 17.8. The van der Waals surface area contributed by atoms with Gasteiger partial charge >= 0.3 is 0 Å². The van der Waals surface area contributed by atoms with Gasteiger partial charge in [0.2, 0.25) is 5.88 Å². The summed E-state index contributed by atoms with van der Waals surface area (Å²) >= 11 is 0. The molecule has 1 aliphatic heterocycles. The highest BCUT2D eigenvalue weighted by molar-refractivity contribution is 5.43. The molecular formula is C30H41N3O4. The second-order valence-corrected chi connectivity index (χ2v) is 10.7. The van der Waals surface area contributed by atoms with Crippen molar-refractivity contribution in [2.24, 2.45) is 0 Å². The van der Waals surface area contributed by atoms with E-state index < -0.39 is 6.10 Å². The third kappa shape index (κ3) is 7.89. The highest BCUT2D eigenvalue weighted by Crippen LogP contribution is 2.32. The molecule has 2 aromatic carbocycles. The number of rotatable bonds is 12. The Morgan fingerprint density at radius 1 is 1.11 bits per heavy atom. The third-order valence-corrected chi connectivity index (χ3v) is 6.36. The monoisotopic (exact) mass is 507 g/mol. The van der Waals surface area contributed by atoms with Crippen LogP contribution in [0.1, 0.15) is 51.8 Å². The summed E-state index contributed by atoms with van der Waals surface area (Å²) in [6.07, 6.45) is 2.41. The maximum absolute atomic E-state index is 10.9. The Labute approximate surface area is 221 Å². The van der Waals surface area contributed by atoms with Crippen molar-refractivity contribution < 1.29 is 19.3 Å². The highest BCUT2D eigenvalue weighted by Gasteiger charge is 2.27. The molecule has 0 spiro atoms. The first kappa shape index (κ1) is 27.3. The Morgan fingerprint density at radius 3 is 2.43 bits per heavy atom. The van der Waals surface area contributed by atoms with E-state index in [0.717, 1.165) is 55.1 Å². The fourth-order valence-electron chi connectivity index (χ4n) is 4.57. The van der Waals surface area contributed by atoms with Gasteiger partial charge in [0.1, 0.15) is 5.75 Å². The van der Waals surface area contributed by atoms with E-state index in [2.05, 4.69) is 11.8 Å². The molecule has 0 saturated carbocycles. The van der Waals surface area contributed by atoms with Gasteiger partial charge in [0, 0.05) is 26.2 Å². The number of aromatic nitrogens is 2. The van der Waals surface area contributed by atoms with Crippen LogP contribution in [0.15, 0.2) is 60.7 Å². The number of benzene rings is 2. The second-order valence-electron chi connectivity index (χ2n) is 10.7. The van der Waals surface area contributed by atoms with E-state index in [1.54, 1.807) is 0 Å². The van der Waals surface area contributed by atoms with Crippen molar-refractivity contribution in [1.29, 1.82) is 0 Å². The molecule has 2 atom stereocenters. The summed E-state index contributed by atoms with van der Waals surface area (Å²) in [6, 6.07) is 19.9. The number of nitrogens with zero attached hydrogens (tertiary/aromatic N) is 3. The molecule has 3 aromatic rings. The molecule has 200 valence electrons.